The SMILES string of the molecule is COc1ccc2c(c1CC=C(C)C)OC1c3ccccc3OCC21. The minimum atomic E-state index is 0.0301. The van der Waals surface area contributed by atoms with Crippen LogP contribution in [0.25, 0.3) is 0 Å². The van der Waals surface area contributed by atoms with E-state index in [1.54, 1.807) is 7.11 Å². The summed E-state index contributed by atoms with van der Waals surface area (Å²) in [5.74, 6) is 3.04. The van der Waals surface area contributed by atoms with Crippen LogP contribution in [0, 0.1) is 0 Å². The first kappa shape index (κ1) is 15.1. The molecule has 124 valence electrons. The van der Waals surface area contributed by atoms with Crippen molar-refractivity contribution in [2.75, 3.05) is 13.7 Å². The largest absolute Gasteiger partial charge is 0.496 e. The number of ether oxygens (including phenoxy) is 3. The van der Waals surface area contributed by atoms with Gasteiger partial charge in [-0.15, -0.1) is 0 Å². The molecule has 2 aromatic carbocycles. The van der Waals surface area contributed by atoms with Gasteiger partial charge in [0.25, 0.3) is 0 Å². The highest BCUT2D eigenvalue weighted by Gasteiger charge is 2.41. The summed E-state index contributed by atoms with van der Waals surface area (Å²) in [5, 5.41) is 0. The summed E-state index contributed by atoms with van der Waals surface area (Å²) >= 11 is 0. The number of methoxy groups -OCH3 is 1. The maximum atomic E-state index is 6.45. The highest BCUT2D eigenvalue weighted by Crippen LogP contribution is 2.53. The van der Waals surface area contributed by atoms with Crippen molar-refractivity contribution in [2.45, 2.75) is 32.3 Å². The van der Waals surface area contributed by atoms with Gasteiger partial charge < -0.3 is 14.2 Å². The average Bonchev–Trinajstić information content (AvgIpc) is 2.98. The minimum Gasteiger partial charge on any atom is -0.496 e. The van der Waals surface area contributed by atoms with Gasteiger partial charge in [0.15, 0.2) is 0 Å². The van der Waals surface area contributed by atoms with Crippen LogP contribution in [0.15, 0.2) is 48.0 Å². The number of hydrogen-bond donors (Lipinski definition) is 0. The lowest BCUT2D eigenvalue weighted by Gasteiger charge is -2.27. The Morgan fingerprint density at radius 2 is 2.00 bits per heavy atom. The van der Waals surface area contributed by atoms with Gasteiger partial charge >= 0.3 is 0 Å². The Morgan fingerprint density at radius 1 is 1.17 bits per heavy atom. The fourth-order valence-corrected chi connectivity index (χ4v) is 3.61. The molecule has 0 amide bonds. The topological polar surface area (TPSA) is 27.7 Å². The molecule has 2 atom stereocenters. The van der Waals surface area contributed by atoms with E-state index in [9.17, 15) is 0 Å². The number of allylic oxidation sites excluding steroid dienone is 2. The van der Waals surface area contributed by atoms with Gasteiger partial charge in [-0.05, 0) is 32.4 Å². The van der Waals surface area contributed by atoms with Gasteiger partial charge in [0, 0.05) is 16.7 Å². The van der Waals surface area contributed by atoms with E-state index < -0.39 is 0 Å². The van der Waals surface area contributed by atoms with E-state index in [2.05, 4.69) is 38.1 Å². The molecule has 0 fully saturated rings. The number of para-hydroxylation sites is 1. The van der Waals surface area contributed by atoms with Gasteiger partial charge in [-0.25, -0.2) is 0 Å². The van der Waals surface area contributed by atoms with Gasteiger partial charge in [-0.3, -0.25) is 0 Å². The maximum absolute atomic E-state index is 6.45. The summed E-state index contributed by atoms with van der Waals surface area (Å²) in [6.07, 6.45) is 3.06. The Hall–Kier alpha value is -2.42. The van der Waals surface area contributed by atoms with Crippen LogP contribution in [0.5, 0.6) is 17.2 Å². The predicted molar refractivity (Wildman–Crippen MR) is 94.2 cm³/mol. The number of benzene rings is 2. The lowest BCUT2D eigenvalue weighted by molar-refractivity contribution is 0.139. The molecule has 2 aliphatic rings. The predicted octanol–water partition coefficient (Wildman–Crippen LogP) is 4.81. The Kier molecular flexibility index (Phi) is 3.72. The van der Waals surface area contributed by atoms with E-state index in [4.69, 9.17) is 14.2 Å². The first-order valence-electron chi connectivity index (χ1n) is 8.40. The average molecular weight is 322 g/mol. The summed E-state index contributed by atoms with van der Waals surface area (Å²) < 4.78 is 18.0. The molecule has 3 nitrogen and oxygen atoms in total. The molecule has 0 saturated carbocycles. The van der Waals surface area contributed by atoms with E-state index in [-0.39, 0.29) is 12.0 Å². The van der Waals surface area contributed by atoms with Crippen molar-refractivity contribution in [1.29, 1.82) is 0 Å². The minimum absolute atomic E-state index is 0.0301. The molecule has 0 spiro atoms. The summed E-state index contributed by atoms with van der Waals surface area (Å²) in [5.41, 5.74) is 4.78. The van der Waals surface area contributed by atoms with Crippen LogP contribution in [0.2, 0.25) is 0 Å². The number of fused-ring (bicyclic) bond motifs is 5. The van der Waals surface area contributed by atoms with Crippen LogP contribution in [0.4, 0.5) is 0 Å². The van der Waals surface area contributed by atoms with E-state index in [1.807, 2.05) is 18.2 Å². The summed E-state index contributed by atoms with van der Waals surface area (Å²) in [7, 11) is 1.72. The molecule has 0 aliphatic carbocycles. The quantitative estimate of drug-likeness (QED) is 0.759. The Bertz CT molecular complexity index is 803. The highest BCUT2D eigenvalue weighted by atomic mass is 16.5. The molecule has 4 rings (SSSR count). The van der Waals surface area contributed by atoms with Crippen LogP contribution in [-0.4, -0.2) is 13.7 Å². The second-order valence-corrected chi connectivity index (χ2v) is 6.64. The zero-order chi connectivity index (χ0) is 16.7. The van der Waals surface area contributed by atoms with E-state index in [0.717, 1.165) is 34.8 Å². The molecular weight excluding hydrogens is 300 g/mol. The zero-order valence-corrected chi connectivity index (χ0v) is 14.3. The van der Waals surface area contributed by atoms with Gasteiger partial charge in [0.2, 0.25) is 0 Å². The first-order valence-corrected chi connectivity index (χ1v) is 8.40. The lowest BCUT2D eigenvalue weighted by Crippen LogP contribution is -2.22. The molecule has 0 bridgehead atoms. The zero-order valence-electron chi connectivity index (χ0n) is 14.3. The van der Waals surface area contributed by atoms with Crippen LogP contribution in [0.1, 0.15) is 42.6 Å². The second kappa shape index (κ2) is 5.90. The molecule has 0 saturated heterocycles. The highest BCUT2D eigenvalue weighted by molar-refractivity contribution is 5.57. The second-order valence-electron chi connectivity index (χ2n) is 6.64. The molecular formula is C21H22O3. The van der Waals surface area contributed by atoms with E-state index >= 15 is 0 Å². The maximum Gasteiger partial charge on any atom is 0.138 e. The van der Waals surface area contributed by atoms with Gasteiger partial charge in [-0.2, -0.15) is 0 Å². The van der Waals surface area contributed by atoms with Crippen LogP contribution >= 0.6 is 0 Å². The number of rotatable bonds is 3. The third-order valence-corrected chi connectivity index (χ3v) is 4.84. The molecule has 0 radical (unpaired) electrons. The molecule has 3 heteroatoms. The molecule has 24 heavy (non-hydrogen) atoms. The smallest absolute Gasteiger partial charge is 0.138 e. The van der Waals surface area contributed by atoms with Crippen LogP contribution in [-0.2, 0) is 6.42 Å². The van der Waals surface area contributed by atoms with Crippen LogP contribution in [0.3, 0.4) is 0 Å². The Labute approximate surface area is 142 Å². The monoisotopic (exact) mass is 322 g/mol. The molecule has 2 heterocycles. The van der Waals surface area contributed by atoms with Crippen molar-refractivity contribution in [3.8, 4) is 17.2 Å². The normalized spacial score (nSPS) is 20.1. The molecule has 2 aliphatic heterocycles. The Morgan fingerprint density at radius 3 is 2.79 bits per heavy atom. The van der Waals surface area contributed by atoms with Crippen molar-refractivity contribution >= 4 is 0 Å². The lowest BCUT2D eigenvalue weighted by atomic mass is 9.88. The van der Waals surface area contributed by atoms with Gasteiger partial charge in [0.05, 0.1) is 19.6 Å². The van der Waals surface area contributed by atoms with Crippen molar-refractivity contribution < 1.29 is 14.2 Å². The Balaban J connectivity index is 1.79. The summed E-state index contributed by atoms with van der Waals surface area (Å²) in [4.78, 5) is 0. The molecule has 0 N–H and O–H groups in total. The fourth-order valence-electron chi connectivity index (χ4n) is 3.61. The molecule has 2 unspecified atom stereocenters. The van der Waals surface area contributed by atoms with E-state index in [1.165, 1.54) is 11.1 Å². The van der Waals surface area contributed by atoms with Crippen molar-refractivity contribution in [3.05, 3.63) is 64.7 Å². The number of hydrogen-bond acceptors (Lipinski definition) is 3. The summed E-state index contributed by atoms with van der Waals surface area (Å²) in [6.45, 7) is 4.88. The van der Waals surface area contributed by atoms with Crippen molar-refractivity contribution in [1.82, 2.24) is 0 Å². The summed E-state index contributed by atoms with van der Waals surface area (Å²) in [6, 6.07) is 12.3. The molecule has 2 aromatic rings. The van der Waals surface area contributed by atoms with E-state index in [0.29, 0.717) is 6.61 Å². The van der Waals surface area contributed by atoms with Gasteiger partial charge in [0.1, 0.15) is 23.4 Å². The third-order valence-electron chi connectivity index (χ3n) is 4.84. The molecule has 0 aromatic heterocycles. The van der Waals surface area contributed by atoms with Gasteiger partial charge in [-0.1, -0.05) is 35.9 Å². The third kappa shape index (κ3) is 2.35. The van der Waals surface area contributed by atoms with Crippen molar-refractivity contribution in [3.63, 3.8) is 0 Å². The standard InChI is InChI=1S/C21H22O3/c1-13(2)8-9-16-18(22-3)11-10-14-17-12-23-19-7-5-4-6-15(19)21(17)24-20(14)16/h4-8,10-11,17,21H,9,12H2,1-3H3. The first-order chi connectivity index (χ1) is 11.7. The van der Waals surface area contributed by atoms with Crippen molar-refractivity contribution in [2.24, 2.45) is 0 Å². The fraction of sp³-hybridized carbons (Fsp3) is 0.333. The van der Waals surface area contributed by atoms with Crippen LogP contribution < -0.4 is 14.2 Å².